The van der Waals surface area contributed by atoms with Crippen LogP contribution in [0.25, 0.3) is 0 Å². The number of amides is 1. The van der Waals surface area contributed by atoms with E-state index in [4.69, 9.17) is 5.11 Å². The van der Waals surface area contributed by atoms with E-state index in [0.29, 0.717) is 19.5 Å². The lowest BCUT2D eigenvalue weighted by Gasteiger charge is -2.21. The van der Waals surface area contributed by atoms with Gasteiger partial charge in [0, 0.05) is 13.1 Å². The van der Waals surface area contributed by atoms with Crippen molar-refractivity contribution in [1.82, 2.24) is 4.90 Å². The van der Waals surface area contributed by atoms with Gasteiger partial charge in [0.1, 0.15) is 0 Å². The second-order valence-corrected chi connectivity index (χ2v) is 4.71. The van der Waals surface area contributed by atoms with E-state index in [1.165, 1.54) is 5.56 Å². The molecule has 0 aliphatic carbocycles. The third kappa shape index (κ3) is 4.15. The van der Waals surface area contributed by atoms with Crippen LogP contribution in [0.3, 0.4) is 0 Å². The zero-order chi connectivity index (χ0) is 13.5. The number of aryl methyl sites for hydroxylation is 2. The third-order valence-electron chi connectivity index (χ3n) is 3.06. The monoisotopic (exact) mass is 249 g/mol. The van der Waals surface area contributed by atoms with Crippen LogP contribution in [0.4, 0.5) is 0 Å². The second kappa shape index (κ2) is 7.17. The fourth-order valence-electron chi connectivity index (χ4n) is 2.02. The molecule has 1 aromatic rings. The summed E-state index contributed by atoms with van der Waals surface area (Å²) < 4.78 is 0. The van der Waals surface area contributed by atoms with E-state index in [2.05, 4.69) is 12.1 Å². The van der Waals surface area contributed by atoms with Gasteiger partial charge in [0.05, 0.1) is 13.0 Å². The molecule has 0 aromatic heterocycles. The van der Waals surface area contributed by atoms with Crippen molar-refractivity contribution in [1.29, 1.82) is 0 Å². The number of carbonyl (C=O) groups excluding carboxylic acids is 1. The zero-order valence-electron chi connectivity index (χ0n) is 11.6. The molecule has 0 fully saturated rings. The molecule has 0 spiro atoms. The lowest BCUT2D eigenvalue weighted by molar-refractivity contribution is -0.131. The molecule has 1 rings (SSSR count). The summed E-state index contributed by atoms with van der Waals surface area (Å²) in [6, 6.07) is 6.17. The van der Waals surface area contributed by atoms with Crippen LogP contribution in [0, 0.1) is 13.8 Å². The van der Waals surface area contributed by atoms with Crippen molar-refractivity contribution in [2.45, 2.75) is 33.6 Å². The molecule has 0 saturated heterocycles. The molecule has 100 valence electrons. The fraction of sp³-hybridized carbons (Fsp3) is 0.533. The van der Waals surface area contributed by atoms with E-state index in [1.807, 2.05) is 26.8 Å². The highest BCUT2D eigenvalue weighted by molar-refractivity contribution is 5.79. The largest absolute Gasteiger partial charge is 0.395 e. The molecule has 0 aliphatic heterocycles. The first-order valence-electron chi connectivity index (χ1n) is 6.53. The molecule has 0 aliphatic rings. The van der Waals surface area contributed by atoms with E-state index in [-0.39, 0.29) is 12.5 Å². The number of benzene rings is 1. The molecule has 3 heteroatoms. The zero-order valence-corrected chi connectivity index (χ0v) is 11.6. The van der Waals surface area contributed by atoms with Gasteiger partial charge in [0.25, 0.3) is 0 Å². The Morgan fingerprint density at radius 1 is 1.28 bits per heavy atom. The maximum absolute atomic E-state index is 12.2. The summed E-state index contributed by atoms with van der Waals surface area (Å²) in [6.45, 7) is 7.26. The number of hydrogen-bond acceptors (Lipinski definition) is 2. The number of nitrogens with zero attached hydrogens (tertiary/aromatic N) is 1. The Morgan fingerprint density at radius 2 is 2.00 bits per heavy atom. The molecule has 3 nitrogen and oxygen atoms in total. The molecule has 0 atom stereocenters. The van der Waals surface area contributed by atoms with Crippen LogP contribution in [0.5, 0.6) is 0 Å². The second-order valence-electron chi connectivity index (χ2n) is 4.71. The molecule has 0 unspecified atom stereocenters. The predicted molar refractivity (Wildman–Crippen MR) is 73.6 cm³/mol. The van der Waals surface area contributed by atoms with Crippen molar-refractivity contribution in [2.75, 3.05) is 19.7 Å². The number of aliphatic hydroxyl groups excluding tert-OH is 1. The average molecular weight is 249 g/mol. The lowest BCUT2D eigenvalue weighted by atomic mass is 10.0. The van der Waals surface area contributed by atoms with Gasteiger partial charge in [-0.15, -0.1) is 0 Å². The first kappa shape index (κ1) is 14.7. The summed E-state index contributed by atoms with van der Waals surface area (Å²) >= 11 is 0. The minimum absolute atomic E-state index is 0.0263. The Hall–Kier alpha value is -1.35. The summed E-state index contributed by atoms with van der Waals surface area (Å²) in [5.74, 6) is 0.0969. The highest BCUT2D eigenvalue weighted by Gasteiger charge is 2.13. The van der Waals surface area contributed by atoms with Crippen LogP contribution in [-0.2, 0) is 11.2 Å². The highest BCUT2D eigenvalue weighted by atomic mass is 16.3. The number of hydrogen-bond donors (Lipinski definition) is 1. The summed E-state index contributed by atoms with van der Waals surface area (Å²) in [7, 11) is 0. The van der Waals surface area contributed by atoms with Crippen molar-refractivity contribution in [3.63, 3.8) is 0 Å². The van der Waals surface area contributed by atoms with Gasteiger partial charge in [0.2, 0.25) is 5.91 Å². The van der Waals surface area contributed by atoms with Gasteiger partial charge >= 0.3 is 0 Å². The predicted octanol–water partition coefficient (Wildman–Crippen LogP) is 2.08. The molecular formula is C15H23NO2. The normalized spacial score (nSPS) is 10.4. The van der Waals surface area contributed by atoms with Crippen molar-refractivity contribution in [3.8, 4) is 0 Å². The SMILES string of the molecule is CCCN(CCO)C(=O)Cc1cc(C)ccc1C. The number of rotatable bonds is 6. The lowest BCUT2D eigenvalue weighted by Crippen LogP contribution is -2.35. The van der Waals surface area contributed by atoms with Crippen LogP contribution in [0.2, 0.25) is 0 Å². The van der Waals surface area contributed by atoms with Crippen LogP contribution in [0.1, 0.15) is 30.0 Å². The van der Waals surface area contributed by atoms with Crippen LogP contribution < -0.4 is 0 Å². The fourth-order valence-corrected chi connectivity index (χ4v) is 2.02. The van der Waals surface area contributed by atoms with Crippen molar-refractivity contribution in [2.24, 2.45) is 0 Å². The van der Waals surface area contributed by atoms with Crippen LogP contribution >= 0.6 is 0 Å². The minimum Gasteiger partial charge on any atom is -0.395 e. The molecule has 0 heterocycles. The third-order valence-corrected chi connectivity index (χ3v) is 3.06. The summed E-state index contributed by atoms with van der Waals surface area (Å²) in [5, 5.41) is 8.98. The quantitative estimate of drug-likeness (QED) is 0.838. The molecule has 0 saturated carbocycles. The van der Waals surface area contributed by atoms with E-state index in [0.717, 1.165) is 17.5 Å². The highest BCUT2D eigenvalue weighted by Crippen LogP contribution is 2.12. The summed E-state index contributed by atoms with van der Waals surface area (Å²) in [4.78, 5) is 13.9. The topological polar surface area (TPSA) is 40.5 Å². The van der Waals surface area contributed by atoms with Gasteiger partial charge in [-0.1, -0.05) is 30.7 Å². The first-order valence-corrected chi connectivity index (χ1v) is 6.53. The van der Waals surface area contributed by atoms with Gasteiger partial charge in [-0.2, -0.15) is 0 Å². The molecule has 1 N–H and O–H groups in total. The van der Waals surface area contributed by atoms with Crippen LogP contribution in [0.15, 0.2) is 18.2 Å². The van der Waals surface area contributed by atoms with Gasteiger partial charge < -0.3 is 10.0 Å². The van der Waals surface area contributed by atoms with Gasteiger partial charge in [-0.3, -0.25) is 4.79 Å². The van der Waals surface area contributed by atoms with E-state index < -0.39 is 0 Å². The summed E-state index contributed by atoms with van der Waals surface area (Å²) in [5.41, 5.74) is 3.40. The minimum atomic E-state index is 0.0263. The van der Waals surface area contributed by atoms with Crippen molar-refractivity contribution in [3.05, 3.63) is 34.9 Å². The Morgan fingerprint density at radius 3 is 2.61 bits per heavy atom. The van der Waals surface area contributed by atoms with Crippen LogP contribution in [-0.4, -0.2) is 35.6 Å². The van der Waals surface area contributed by atoms with Crippen molar-refractivity contribution >= 4 is 5.91 Å². The van der Waals surface area contributed by atoms with Gasteiger partial charge in [-0.05, 0) is 31.4 Å². The summed E-state index contributed by atoms with van der Waals surface area (Å²) in [6.07, 6.45) is 1.34. The van der Waals surface area contributed by atoms with Crippen molar-refractivity contribution < 1.29 is 9.90 Å². The Balaban J connectivity index is 2.75. The number of carbonyl (C=O) groups is 1. The maximum atomic E-state index is 12.2. The van der Waals surface area contributed by atoms with Gasteiger partial charge in [-0.25, -0.2) is 0 Å². The van der Waals surface area contributed by atoms with E-state index in [9.17, 15) is 4.79 Å². The molecule has 0 bridgehead atoms. The standard InChI is InChI=1S/C15H23NO2/c1-4-7-16(8-9-17)15(18)11-14-10-12(2)5-6-13(14)3/h5-6,10,17H,4,7-9,11H2,1-3H3. The molecule has 1 aromatic carbocycles. The molecule has 0 radical (unpaired) electrons. The number of aliphatic hydroxyl groups is 1. The van der Waals surface area contributed by atoms with Gasteiger partial charge in [0.15, 0.2) is 0 Å². The Labute approximate surface area is 109 Å². The van der Waals surface area contributed by atoms with E-state index in [1.54, 1.807) is 4.90 Å². The maximum Gasteiger partial charge on any atom is 0.227 e. The molecular weight excluding hydrogens is 226 g/mol. The smallest absolute Gasteiger partial charge is 0.227 e. The molecule has 1 amide bonds. The van der Waals surface area contributed by atoms with E-state index >= 15 is 0 Å². The first-order chi connectivity index (χ1) is 8.58. The Kier molecular flexibility index (Phi) is 5.86. The average Bonchev–Trinajstić information content (AvgIpc) is 2.33. The molecule has 18 heavy (non-hydrogen) atoms. The Bertz CT molecular complexity index is 395.